The second-order valence-corrected chi connectivity index (χ2v) is 7.84. The molecule has 1 atom stereocenters. The molecule has 26 heavy (non-hydrogen) atoms. The topological polar surface area (TPSA) is 40.4 Å². The highest BCUT2D eigenvalue weighted by atomic mass is 15.2. The Morgan fingerprint density at radius 1 is 1.08 bits per heavy atom. The minimum Gasteiger partial charge on any atom is -0.304 e. The van der Waals surface area contributed by atoms with Gasteiger partial charge in [-0.3, -0.25) is 9.47 Å². The number of hydrogen-bond acceptors (Lipinski definition) is 5. The maximum atomic E-state index is 4.59. The van der Waals surface area contributed by atoms with E-state index in [1.807, 2.05) is 17.0 Å². The average molecular weight is 355 g/mol. The molecule has 6 heteroatoms. The lowest BCUT2D eigenvalue weighted by Gasteiger charge is -2.38. The lowest BCUT2D eigenvalue weighted by atomic mass is 9.96. The number of pyridine rings is 1. The van der Waals surface area contributed by atoms with Crippen molar-refractivity contribution in [3.8, 4) is 5.82 Å². The summed E-state index contributed by atoms with van der Waals surface area (Å²) in [6.07, 6.45) is 10.2. The van der Waals surface area contributed by atoms with Crippen molar-refractivity contribution in [3.63, 3.8) is 0 Å². The molecule has 2 aromatic heterocycles. The molecule has 2 aromatic rings. The van der Waals surface area contributed by atoms with Crippen LogP contribution in [-0.4, -0.2) is 82.1 Å². The van der Waals surface area contributed by atoms with Gasteiger partial charge >= 0.3 is 0 Å². The molecule has 0 aliphatic carbocycles. The van der Waals surface area contributed by atoms with E-state index in [1.165, 1.54) is 64.2 Å². The number of aromatic nitrogens is 3. The van der Waals surface area contributed by atoms with E-state index in [9.17, 15) is 0 Å². The Labute approximate surface area is 156 Å². The highest BCUT2D eigenvalue weighted by Crippen LogP contribution is 2.20. The lowest BCUT2D eigenvalue weighted by Crippen LogP contribution is -2.48. The van der Waals surface area contributed by atoms with Crippen molar-refractivity contribution in [2.45, 2.75) is 19.4 Å². The maximum absolute atomic E-state index is 4.59. The maximum Gasteiger partial charge on any atom is 0.137 e. The first-order valence-electron chi connectivity index (χ1n) is 9.83. The average Bonchev–Trinajstić information content (AvgIpc) is 3.19. The minimum absolute atomic E-state index is 0.810. The zero-order valence-electron chi connectivity index (χ0n) is 15.8. The molecule has 0 amide bonds. The van der Waals surface area contributed by atoms with Crippen molar-refractivity contribution in [2.75, 3.05) is 52.9 Å². The summed E-state index contributed by atoms with van der Waals surface area (Å²) in [5.41, 5.74) is 1.30. The van der Waals surface area contributed by atoms with Crippen LogP contribution in [0.5, 0.6) is 0 Å². The molecule has 2 fully saturated rings. The van der Waals surface area contributed by atoms with Crippen molar-refractivity contribution < 1.29 is 0 Å². The fraction of sp³-hybridized carbons (Fsp3) is 0.600. The van der Waals surface area contributed by atoms with Crippen LogP contribution in [0.3, 0.4) is 0 Å². The molecule has 140 valence electrons. The molecular weight excluding hydrogens is 324 g/mol. The van der Waals surface area contributed by atoms with Gasteiger partial charge in [0.2, 0.25) is 0 Å². The number of piperazine rings is 1. The Kier molecular flexibility index (Phi) is 5.62. The molecule has 2 aliphatic rings. The fourth-order valence-electron chi connectivity index (χ4n) is 4.16. The third-order valence-electron chi connectivity index (χ3n) is 5.70. The minimum atomic E-state index is 0.810. The molecule has 4 rings (SSSR count). The predicted molar refractivity (Wildman–Crippen MR) is 103 cm³/mol. The van der Waals surface area contributed by atoms with E-state index in [-0.39, 0.29) is 0 Å². The fourth-order valence-corrected chi connectivity index (χ4v) is 4.16. The van der Waals surface area contributed by atoms with Gasteiger partial charge in [-0.15, -0.1) is 0 Å². The second kappa shape index (κ2) is 8.29. The zero-order valence-corrected chi connectivity index (χ0v) is 15.8. The highest BCUT2D eigenvalue weighted by Gasteiger charge is 2.23. The molecular formula is C20H30N6. The van der Waals surface area contributed by atoms with E-state index in [1.54, 1.807) is 12.5 Å². The third-order valence-corrected chi connectivity index (χ3v) is 5.70. The standard InChI is InChI=1S/C20H30N6/c1-23-9-11-24(12-10-23)15-19-3-2-7-25(16-19)14-18-4-5-20(22-13-18)26-8-6-21-17-26/h4-6,8,13,17,19H,2-3,7,9-12,14-16H2,1H3/t19-/m0/s1. The first-order chi connectivity index (χ1) is 12.8. The summed E-state index contributed by atoms with van der Waals surface area (Å²) in [6.45, 7) is 9.59. The number of imidazole rings is 1. The lowest BCUT2D eigenvalue weighted by molar-refractivity contribution is 0.0966. The van der Waals surface area contributed by atoms with E-state index in [0.29, 0.717) is 0 Å². The van der Waals surface area contributed by atoms with Crippen LogP contribution < -0.4 is 0 Å². The number of piperidine rings is 1. The van der Waals surface area contributed by atoms with Crippen LogP contribution in [0.4, 0.5) is 0 Å². The Balaban J connectivity index is 1.29. The first kappa shape index (κ1) is 17.6. The Morgan fingerprint density at radius 3 is 2.69 bits per heavy atom. The molecule has 6 nitrogen and oxygen atoms in total. The summed E-state index contributed by atoms with van der Waals surface area (Å²) in [7, 11) is 2.23. The van der Waals surface area contributed by atoms with Crippen molar-refractivity contribution in [1.82, 2.24) is 29.2 Å². The van der Waals surface area contributed by atoms with E-state index in [2.05, 4.69) is 43.8 Å². The first-order valence-corrected chi connectivity index (χ1v) is 9.83. The van der Waals surface area contributed by atoms with Gasteiger partial charge in [0.1, 0.15) is 12.1 Å². The van der Waals surface area contributed by atoms with Crippen molar-refractivity contribution >= 4 is 0 Å². The summed E-state index contributed by atoms with van der Waals surface area (Å²) in [6, 6.07) is 4.29. The van der Waals surface area contributed by atoms with Crippen molar-refractivity contribution in [2.24, 2.45) is 5.92 Å². The number of likely N-dealkylation sites (tertiary alicyclic amines) is 1. The smallest absolute Gasteiger partial charge is 0.137 e. The van der Waals surface area contributed by atoms with Gasteiger partial charge in [-0.25, -0.2) is 9.97 Å². The summed E-state index contributed by atoms with van der Waals surface area (Å²) in [4.78, 5) is 16.4. The predicted octanol–water partition coefficient (Wildman–Crippen LogP) is 1.73. The van der Waals surface area contributed by atoms with Gasteiger partial charge in [-0.05, 0) is 44.0 Å². The number of nitrogens with zero attached hydrogens (tertiary/aromatic N) is 6. The normalized spacial score (nSPS) is 23.3. The highest BCUT2D eigenvalue weighted by molar-refractivity contribution is 5.25. The van der Waals surface area contributed by atoms with Crippen LogP contribution in [0.25, 0.3) is 5.82 Å². The van der Waals surface area contributed by atoms with E-state index >= 15 is 0 Å². The van der Waals surface area contributed by atoms with Gasteiger partial charge in [0, 0.05) is 64.4 Å². The van der Waals surface area contributed by atoms with Gasteiger partial charge in [0.25, 0.3) is 0 Å². The Bertz CT molecular complexity index is 660. The molecule has 0 unspecified atom stereocenters. The van der Waals surface area contributed by atoms with E-state index in [4.69, 9.17) is 0 Å². The molecule has 0 N–H and O–H groups in total. The van der Waals surface area contributed by atoms with Crippen molar-refractivity contribution in [1.29, 1.82) is 0 Å². The summed E-state index contributed by atoms with van der Waals surface area (Å²) < 4.78 is 1.94. The van der Waals surface area contributed by atoms with Crippen molar-refractivity contribution in [3.05, 3.63) is 42.6 Å². The van der Waals surface area contributed by atoms with Gasteiger partial charge in [-0.1, -0.05) is 6.07 Å². The molecule has 0 bridgehead atoms. The molecule has 0 saturated carbocycles. The SMILES string of the molecule is CN1CCN(C[C@@H]2CCCN(Cc3ccc(-n4ccnc4)nc3)C2)CC1. The van der Waals surface area contributed by atoms with Crippen LogP contribution >= 0.6 is 0 Å². The van der Waals surface area contributed by atoms with Gasteiger partial charge in [0.05, 0.1) is 0 Å². The number of hydrogen-bond donors (Lipinski definition) is 0. The molecule has 0 radical (unpaired) electrons. The van der Waals surface area contributed by atoms with Crippen LogP contribution in [0.1, 0.15) is 18.4 Å². The summed E-state index contributed by atoms with van der Waals surface area (Å²) in [5, 5.41) is 0. The second-order valence-electron chi connectivity index (χ2n) is 7.84. The Morgan fingerprint density at radius 2 is 1.96 bits per heavy atom. The largest absolute Gasteiger partial charge is 0.304 e. The quantitative estimate of drug-likeness (QED) is 0.818. The third kappa shape index (κ3) is 4.50. The molecule has 2 saturated heterocycles. The van der Waals surface area contributed by atoms with Crippen LogP contribution in [0, 0.1) is 5.92 Å². The number of likely N-dealkylation sites (N-methyl/N-ethyl adjacent to an activating group) is 1. The van der Waals surface area contributed by atoms with E-state index < -0.39 is 0 Å². The molecule has 0 aromatic carbocycles. The molecule has 2 aliphatic heterocycles. The molecule has 0 spiro atoms. The van der Waals surface area contributed by atoms with Crippen LogP contribution in [0.15, 0.2) is 37.1 Å². The van der Waals surface area contributed by atoms with Gasteiger partial charge in [-0.2, -0.15) is 0 Å². The van der Waals surface area contributed by atoms with Gasteiger partial charge in [0.15, 0.2) is 0 Å². The summed E-state index contributed by atoms with van der Waals surface area (Å²) in [5.74, 6) is 1.74. The van der Waals surface area contributed by atoms with Crippen LogP contribution in [0.2, 0.25) is 0 Å². The molecule has 4 heterocycles. The summed E-state index contributed by atoms with van der Waals surface area (Å²) >= 11 is 0. The van der Waals surface area contributed by atoms with E-state index in [0.717, 1.165) is 18.3 Å². The van der Waals surface area contributed by atoms with Gasteiger partial charge < -0.3 is 9.80 Å². The number of rotatable bonds is 5. The Hall–Kier alpha value is -1.76. The van der Waals surface area contributed by atoms with Crippen LogP contribution in [-0.2, 0) is 6.54 Å². The monoisotopic (exact) mass is 354 g/mol. The zero-order chi connectivity index (χ0) is 17.8.